The van der Waals surface area contributed by atoms with E-state index in [9.17, 15) is 21.6 Å². The lowest BCUT2D eigenvalue weighted by atomic mass is 9.93. The zero-order valence-electron chi connectivity index (χ0n) is 14.2. The van der Waals surface area contributed by atoms with Crippen molar-refractivity contribution in [2.24, 2.45) is 0 Å². The maximum absolute atomic E-state index is 13.9. The summed E-state index contributed by atoms with van der Waals surface area (Å²) in [5, 5.41) is 3.93. The Morgan fingerprint density at radius 1 is 1.07 bits per heavy atom. The number of alkyl halides is 2. The number of aromatic nitrogens is 1. The second-order valence-electron chi connectivity index (χ2n) is 5.51. The Bertz CT molecular complexity index is 942. The second kappa shape index (κ2) is 8.36. The monoisotopic (exact) mass is 397 g/mol. The van der Waals surface area contributed by atoms with Crippen LogP contribution in [0, 0.1) is 5.82 Å². The van der Waals surface area contributed by atoms with E-state index in [1.807, 2.05) is 12.1 Å². The van der Waals surface area contributed by atoms with Crippen molar-refractivity contribution in [3.63, 3.8) is 0 Å². The van der Waals surface area contributed by atoms with Gasteiger partial charge in [-0.15, -0.1) is 12.7 Å². The van der Waals surface area contributed by atoms with Crippen LogP contribution in [-0.4, -0.2) is 30.9 Å². The zero-order chi connectivity index (χ0) is 20.1. The molecule has 5 nitrogen and oxygen atoms in total. The molecule has 0 saturated heterocycles. The maximum atomic E-state index is 13.9. The molecule has 0 fully saturated rings. The van der Waals surface area contributed by atoms with E-state index in [1.165, 1.54) is 12.1 Å². The van der Waals surface area contributed by atoms with Crippen LogP contribution in [0.1, 0.15) is 12.0 Å². The van der Waals surface area contributed by atoms with E-state index >= 15 is 0 Å². The summed E-state index contributed by atoms with van der Waals surface area (Å²) in [5.41, 5.74) is 0.650. The summed E-state index contributed by atoms with van der Waals surface area (Å²) in [7, 11) is -2.87. The summed E-state index contributed by atoms with van der Waals surface area (Å²) in [6, 6.07) is 8.16. The number of hydrogen-bond acceptors (Lipinski definition) is 3. The summed E-state index contributed by atoms with van der Waals surface area (Å²) in [6.07, 6.45) is 4.17. The quantitative estimate of drug-likeness (QED) is 0.759. The molecule has 0 saturated carbocycles. The van der Waals surface area contributed by atoms with E-state index in [1.54, 1.807) is 19.4 Å². The normalized spacial score (nSPS) is 15.7. The van der Waals surface area contributed by atoms with Gasteiger partial charge >= 0.3 is 0 Å². The topological polar surface area (TPSA) is 81.4 Å². The summed E-state index contributed by atoms with van der Waals surface area (Å²) in [4.78, 5) is 3.09. The van der Waals surface area contributed by atoms with Gasteiger partial charge in [-0.3, -0.25) is 9.54 Å². The SMILES string of the molecule is C[N-]c1ccncc1.O=S(=O)(O)C1=CC=C(c2ccc(F)cc2)C(F)(F)C1. The van der Waals surface area contributed by atoms with Gasteiger partial charge in [0, 0.05) is 18.0 Å². The van der Waals surface area contributed by atoms with Gasteiger partial charge in [0.25, 0.3) is 16.0 Å². The summed E-state index contributed by atoms with van der Waals surface area (Å²) in [6.45, 7) is 0. The Hall–Kier alpha value is -2.65. The molecular weight excluding hydrogens is 381 g/mol. The Morgan fingerprint density at radius 3 is 2.11 bits per heavy atom. The molecule has 0 spiro atoms. The standard InChI is InChI=1S/C12H9F3O3S.C6H7N2/c13-9-3-1-8(2-4-9)11-6-5-10(19(16,17)18)7-12(11,14)15;1-7-6-2-4-8-5-3-6/h1-6H,7H2,(H,16,17,18);2-5H,1H3/q;-1. The molecule has 0 amide bonds. The predicted molar refractivity (Wildman–Crippen MR) is 96.8 cm³/mol. The summed E-state index contributed by atoms with van der Waals surface area (Å²) < 4.78 is 70.9. The molecule has 1 aliphatic carbocycles. The maximum Gasteiger partial charge on any atom is 0.290 e. The van der Waals surface area contributed by atoms with Crippen molar-refractivity contribution in [2.45, 2.75) is 12.3 Å². The van der Waals surface area contributed by atoms with Crippen LogP contribution in [-0.2, 0) is 10.1 Å². The van der Waals surface area contributed by atoms with E-state index in [0.717, 1.165) is 30.0 Å². The molecule has 1 aromatic carbocycles. The Morgan fingerprint density at radius 2 is 1.67 bits per heavy atom. The highest BCUT2D eigenvalue weighted by Gasteiger charge is 2.40. The van der Waals surface area contributed by atoms with Crippen LogP contribution >= 0.6 is 0 Å². The molecule has 1 aromatic heterocycles. The summed E-state index contributed by atoms with van der Waals surface area (Å²) >= 11 is 0. The van der Waals surface area contributed by atoms with Crippen molar-refractivity contribution in [3.05, 3.63) is 82.5 Å². The lowest BCUT2D eigenvalue weighted by molar-refractivity contribution is 0.0677. The average Bonchev–Trinajstić information content (AvgIpc) is 2.62. The number of hydrogen-bond donors (Lipinski definition) is 1. The second-order valence-corrected chi connectivity index (χ2v) is 6.98. The van der Waals surface area contributed by atoms with Gasteiger partial charge in [-0.2, -0.15) is 8.42 Å². The highest BCUT2D eigenvalue weighted by molar-refractivity contribution is 7.89. The highest BCUT2D eigenvalue weighted by Crippen LogP contribution is 2.41. The smallest absolute Gasteiger partial charge is 0.290 e. The molecule has 1 aliphatic rings. The summed E-state index contributed by atoms with van der Waals surface area (Å²) in [5.74, 6) is -4.00. The third-order valence-electron chi connectivity index (χ3n) is 3.63. The molecule has 1 heterocycles. The molecule has 0 aliphatic heterocycles. The van der Waals surface area contributed by atoms with Gasteiger partial charge in [-0.05, 0) is 23.8 Å². The van der Waals surface area contributed by atoms with E-state index in [0.29, 0.717) is 0 Å². The lowest BCUT2D eigenvalue weighted by Crippen LogP contribution is -2.24. The number of nitrogens with zero attached hydrogens (tertiary/aromatic N) is 2. The molecule has 27 heavy (non-hydrogen) atoms. The fourth-order valence-electron chi connectivity index (χ4n) is 2.28. The molecule has 0 unspecified atom stereocenters. The Labute approximate surface area is 155 Å². The van der Waals surface area contributed by atoms with Gasteiger partial charge < -0.3 is 5.32 Å². The van der Waals surface area contributed by atoms with Crippen molar-refractivity contribution >= 4 is 21.4 Å². The third-order valence-corrected chi connectivity index (χ3v) is 4.58. The fraction of sp³-hybridized carbons (Fsp3) is 0.167. The number of benzene rings is 1. The van der Waals surface area contributed by atoms with Gasteiger partial charge in [0.15, 0.2) is 0 Å². The van der Waals surface area contributed by atoms with Crippen molar-refractivity contribution in [1.29, 1.82) is 0 Å². The number of pyridine rings is 1. The minimum absolute atomic E-state index is 0.0945. The van der Waals surface area contributed by atoms with Crippen LogP contribution < -0.4 is 0 Å². The zero-order valence-corrected chi connectivity index (χ0v) is 15.0. The minimum atomic E-state index is -4.63. The average molecular weight is 397 g/mol. The van der Waals surface area contributed by atoms with Crippen molar-refractivity contribution < 1.29 is 26.1 Å². The van der Waals surface area contributed by atoms with Crippen LogP contribution in [0.5, 0.6) is 0 Å². The van der Waals surface area contributed by atoms with Crippen LogP contribution in [0.4, 0.5) is 18.9 Å². The van der Waals surface area contributed by atoms with Gasteiger partial charge in [-0.1, -0.05) is 30.3 Å². The third kappa shape index (κ3) is 5.66. The molecule has 0 atom stereocenters. The largest absolute Gasteiger partial charge is 0.687 e. The Kier molecular flexibility index (Phi) is 6.40. The van der Waals surface area contributed by atoms with Crippen molar-refractivity contribution in [3.8, 4) is 0 Å². The van der Waals surface area contributed by atoms with Crippen molar-refractivity contribution in [2.75, 3.05) is 7.05 Å². The Balaban J connectivity index is 0.000000273. The molecule has 3 rings (SSSR count). The fourth-order valence-corrected chi connectivity index (χ4v) is 2.88. The lowest BCUT2D eigenvalue weighted by Gasteiger charge is -2.23. The first-order chi connectivity index (χ1) is 12.6. The number of halogens is 3. The van der Waals surface area contributed by atoms with E-state index in [4.69, 9.17) is 4.55 Å². The molecule has 0 radical (unpaired) electrons. The molecule has 1 N–H and O–H groups in total. The van der Waals surface area contributed by atoms with Crippen LogP contribution in [0.15, 0.2) is 65.8 Å². The highest BCUT2D eigenvalue weighted by atomic mass is 32.2. The van der Waals surface area contributed by atoms with Gasteiger partial charge in [0.1, 0.15) is 5.82 Å². The molecular formula is C18H16F3N2O3S-. The van der Waals surface area contributed by atoms with Crippen LogP contribution in [0.3, 0.4) is 0 Å². The van der Waals surface area contributed by atoms with Crippen LogP contribution in [0.25, 0.3) is 10.9 Å². The van der Waals surface area contributed by atoms with Crippen LogP contribution in [0.2, 0.25) is 0 Å². The van der Waals surface area contributed by atoms with Crippen molar-refractivity contribution in [1.82, 2.24) is 4.98 Å². The van der Waals surface area contributed by atoms with E-state index in [-0.39, 0.29) is 5.56 Å². The first kappa shape index (κ1) is 20.7. The number of allylic oxidation sites excluding steroid dienone is 4. The first-order valence-corrected chi connectivity index (χ1v) is 9.10. The van der Waals surface area contributed by atoms with E-state index in [2.05, 4.69) is 10.3 Å². The van der Waals surface area contributed by atoms with Gasteiger partial charge in [0.2, 0.25) is 0 Å². The van der Waals surface area contributed by atoms with Gasteiger partial charge in [-0.25, -0.2) is 13.2 Å². The van der Waals surface area contributed by atoms with Gasteiger partial charge in [0.05, 0.1) is 11.3 Å². The molecule has 9 heteroatoms. The first-order valence-electron chi connectivity index (χ1n) is 7.66. The van der Waals surface area contributed by atoms with E-state index < -0.39 is 38.8 Å². The minimum Gasteiger partial charge on any atom is -0.687 e. The molecule has 2 aromatic rings. The number of rotatable bonds is 3. The predicted octanol–water partition coefficient (Wildman–Crippen LogP) is 4.74. The molecule has 0 bridgehead atoms. The molecule has 144 valence electrons.